The van der Waals surface area contributed by atoms with Crippen molar-refractivity contribution in [2.45, 2.75) is 126 Å². The van der Waals surface area contributed by atoms with Crippen molar-refractivity contribution >= 4 is 33.6 Å². The van der Waals surface area contributed by atoms with Crippen LogP contribution in [0, 0.1) is 24.0 Å². The van der Waals surface area contributed by atoms with E-state index in [0.29, 0.717) is 59.0 Å². The van der Waals surface area contributed by atoms with Gasteiger partial charge in [-0.05, 0) is 96.1 Å². The Hall–Kier alpha value is -5.89. The molecular formula is C48H49F5N8O4. The van der Waals surface area contributed by atoms with Crippen LogP contribution in [0.3, 0.4) is 0 Å². The van der Waals surface area contributed by atoms with E-state index in [2.05, 4.69) is 25.7 Å². The lowest BCUT2D eigenvalue weighted by Crippen LogP contribution is -2.62. The molecule has 8 heterocycles. The Morgan fingerprint density at radius 2 is 1.77 bits per heavy atom. The molecule has 0 unspecified atom stereocenters. The molecule has 0 radical (unpaired) electrons. The van der Waals surface area contributed by atoms with Crippen LogP contribution in [0.25, 0.3) is 32.9 Å². The molecule has 4 saturated heterocycles. The van der Waals surface area contributed by atoms with E-state index in [1.807, 2.05) is 32.6 Å². The number of carbonyl (C=O) groups excluding carboxylic acids is 1. The number of pyridine rings is 1. The molecule has 0 aliphatic carbocycles. The lowest BCUT2D eigenvalue weighted by atomic mass is 9.88. The third-order valence-electron chi connectivity index (χ3n) is 14.1. The molecule has 340 valence electrons. The van der Waals surface area contributed by atoms with Crippen LogP contribution < -0.4 is 14.4 Å². The first kappa shape index (κ1) is 43.0. The summed E-state index contributed by atoms with van der Waals surface area (Å²) < 4.78 is 91.5. The number of rotatable bonds is 7. The van der Waals surface area contributed by atoms with E-state index in [9.17, 15) is 18.0 Å². The first-order valence-corrected chi connectivity index (χ1v) is 22.3. The first-order valence-electron chi connectivity index (χ1n) is 22.3. The number of halogens is 5. The van der Waals surface area contributed by atoms with Crippen LogP contribution in [0.1, 0.15) is 102 Å². The van der Waals surface area contributed by atoms with Gasteiger partial charge in [0, 0.05) is 29.6 Å². The molecule has 6 atom stereocenters. The van der Waals surface area contributed by atoms with Crippen molar-refractivity contribution in [1.82, 2.24) is 34.7 Å². The number of anilines is 1. The molecule has 12 nitrogen and oxygen atoms in total. The number of hydrogen-bond donors (Lipinski definition) is 0. The fourth-order valence-corrected chi connectivity index (χ4v) is 11.2. The zero-order valence-electron chi connectivity index (χ0n) is 36.6. The highest BCUT2D eigenvalue weighted by Gasteiger charge is 2.52. The number of benzene rings is 2. The van der Waals surface area contributed by atoms with E-state index in [1.54, 1.807) is 24.3 Å². The van der Waals surface area contributed by atoms with Gasteiger partial charge in [0.1, 0.15) is 48.0 Å². The molecule has 5 aliphatic heterocycles. The van der Waals surface area contributed by atoms with Gasteiger partial charge in [0.15, 0.2) is 11.5 Å². The van der Waals surface area contributed by atoms with Gasteiger partial charge in [0.05, 0.1) is 40.3 Å². The normalized spacial score (nSPS) is 25.3. The summed E-state index contributed by atoms with van der Waals surface area (Å²) in [4.78, 5) is 42.4. The van der Waals surface area contributed by atoms with Gasteiger partial charge < -0.3 is 19.1 Å². The molecule has 0 N–H and O–H groups in total. The molecule has 5 aromatic rings. The molecule has 2 bridgehead atoms. The number of aromatic nitrogens is 5. The molecule has 0 saturated carbocycles. The smallest absolute Gasteiger partial charge is 0.433 e. The van der Waals surface area contributed by atoms with Crippen LogP contribution in [0.15, 0.2) is 42.7 Å². The predicted octanol–water partition coefficient (Wildman–Crippen LogP) is 9.22. The molecule has 2 aromatic carbocycles. The predicted molar refractivity (Wildman–Crippen MR) is 232 cm³/mol. The fourth-order valence-electron chi connectivity index (χ4n) is 11.2. The molecular weight excluding hydrogens is 848 g/mol. The summed E-state index contributed by atoms with van der Waals surface area (Å²) in [7, 11) is 0. The van der Waals surface area contributed by atoms with E-state index in [1.165, 1.54) is 6.07 Å². The average Bonchev–Trinajstić information content (AvgIpc) is 3.94. The zero-order valence-corrected chi connectivity index (χ0v) is 36.6. The minimum absolute atomic E-state index is 0.00688. The highest BCUT2D eigenvalue weighted by Crippen LogP contribution is 2.48. The summed E-state index contributed by atoms with van der Waals surface area (Å²) in [5, 5.41) is 1.46. The van der Waals surface area contributed by atoms with E-state index in [-0.39, 0.29) is 78.1 Å². The number of nitrogens with zero attached hydrogens (tertiary/aromatic N) is 8. The third kappa shape index (κ3) is 7.51. The quantitative estimate of drug-likeness (QED) is 0.115. The Morgan fingerprint density at radius 3 is 2.55 bits per heavy atom. The van der Waals surface area contributed by atoms with Crippen LogP contribution >= 0.6 is 0 Å². The van der Waals surface area contributed by atoms with E-state index >= 15 is 8.78 Å². The maximum atomic E-state index is 17.8. The number of carbonyl (C=O) groups is 1. The van der Waals surface area contributed by atoms with Crippen molar-refractivity contribution in [3.8, 4) is 35.5 Å². The second-order valence-electron chi connectivity index (χ2n) is 19.1. The van der Waals surface area contributed by atoms with Gasteiger partial charge in [-0.15, -0.1) is 6.42 Å². The molecule has 10 rings (SSSR count). The summed E-state index contributed by atoms with van der Waals surface area (Å²) >= 11 is 0. The van der Waals surface area contributed by atoms with Crippen molar-refractivity contribution in [1.29, 1.82) is 0 Å². The Bertz CT molecular complexity index is 2760. The minimum atomic E-state index is -4.63. The van der Waals surface area contributed by atoms with Crippen molar-refractivity contribution < 1.29 is 41.0 Å². The molecule has 65 heavy (non-hydrogen) atoms. The first-order chi connectivity index (χ1) is 31.0. The van der Waals surface area contributed by atoms with Gasteiger partial charge in [-0.3, -0.25) is 9.80 Å². The van der Waals surface area contributed by atoms with Gasteiger partial charge in [0.2, 0.25) is 5.88 Å². The van der Waals surface area contributed by atoms with Gasteiger partial charge in [-0.1, -0.05) is 37.1 Å². The molecule has 4 fully saturated rings. The van der Waals surface area contributed by atoms with Gasteiger partial charge in [-0.25, -0.2) is 28.5 Å². The lowest BCUT2D eigenvalue weighted by Gasteiger charge is -2.48. The second-order valence-corrected chi connectivity index (χ2v) is 19.1. The highest BCUT2D eigenvalue weighted by atomic mass is 19.4. The highest BCUT2D eigenvalue weighted by molar-refractivity contribution is 6.03. The number of alkyl halides is 3. The van der Waals surface area contributed by atoms with E-state index in [4.69, 9.17) is 35.6 Å². The average molecular weight is 897 g/mol. The van der Waals surface area contributed by atoms with Crippen molar-refractivity contribution in [3.05, 3.63) is 71.3 Å². The molecule has 5 aliphatic rings. The largest absolute Gasteiger partial charge is 0.476 e. The SMILES string of the molecule is C#Cc1c(F)ccc2cccc(-c3nc4c5c(nc(OC[C@@]67CCCN6[C@H](COc6cc(C(F)(F)F)ncn6)CC7)nc5c3F)N3C[C@H]5CC[C@@H]([C@H]3CC[C@H]4C)N5C(=O)OC(C)(C)C)c12. The van der Waals surface area contributed by atoms with Gasteiger partial charge in [0.25, 0.3) is 0 Å². The molecule has 17 heteroatoms. The number of fused-ring (bicyclic) bond motifs is 7. The topological polar surface area (TPSA) is 119 Å². The fraction of sp³-hybridized carbons (Fsp3) is 0.500. The standard InChI is InChI=1S/C48H49F5N8O4/c1-6-30-32(49)14-12-27-9-7-10-31(37(27)30)41-39(50)42-38-40(56-41)26(2)11-15-33-34-16-13-28(61(34)45(62)65-46(3,4)5)22-59(33)43(38)58-44(57-42)64-24-47-18-8-20-60(47)29(17-19-47)23-63-36-21-35(48(51,52)53)54-25-55-36/h1,7,9-10,12,14,21,25-26,28-29,33-34H,8,11,13,15-20,22-24H2,2-5H3/t26-,28-,29+,33-,34+,47+/m1/s1. The van der Waals surface area contributed by atoms with Crippen LogP contribution in [-0.2, 0) is 10.9 Å². The number of piperazine rings is 1. The van der Waals surface area contributed by atoms with Crippen LogP contribution in [-0.4, -0.2) is 102 Å². The molecule has 0 spiro atoms. The Kier molecular flexibility index (Phi) is 10.5. The molecule has 3 aromatic heterocycles. The maximum Gasteiger partial charge on any atom is 0.433 e. The zero-order chi connectivity index (χ0) is 45.6. The van der Waals surface area contributed by atoms with E-state index in [0.717, 1.165) is 51.0 Å². The summed E-state index contributed by atoms with van der Waals surface area (Å²) in [5.41, 5.74) is -1.28. The van der Waals surface area contributed by atoms with Gasteiger partial charge >= 0.3 is 18.3 Å². The van der Waals surface area contributed by atoms with Crippen molar-refractivity contribution in [2.24, 2.45) is 0 Å². The monoisotopic (exact) mass is 896 g/mol. The van der Waals surface area contributed by atoms with Crippen LogP contribution in [0.5, 0.6) is 11.9 Å². The molecule has 1 amide bonds. The number of amides is 1. The summed E-state index contributed by atoms with van der Waals surface area (Å²) in [6.07, 6.45) is 7.68. The van der Waals surface area contributed by atoms with Crippen molar-refractivity contribution in [2.75, 3.05) is 31.2 Å². The lowest BCUT2D eigenvalue weighted by molar-refractivity contribution is -0.141. The van der Waals surface area contributed by atoms with Crippen LogP contribution in [0.2, 0.25) is 0 Å². The maximum absolute atomic E-state index is 17.8. The van der Waals surface area contributed by atoms with Crippen molar-refractivity contribution in [3.63, 3.8) is 0 Å². The summed E-state index contributed by atoms with van der Waals surface area (Å²) in [6, 6.07) is 8.27. The Morgan fingerprint density at radius 1 is 0.954 bits per heavy atom. The number of terminal acetylenes is 1. The number of ether oxygens (including phenoxy) is 3. The van der Waals surface area contributed by atoms with Crippen LogP contribution in [0.4, 0.5) is 32.6 Å². The summed E-state index contributed by atoms with van der Waals surface area (Å²) in [5.74, 6) is 1.26. The second kappa shape index (κ2) is 15.9. The van der Waals surface area contributed by atoms with Gasteiger partial charge in [-0.2, -0.15) is 23.1 Å². The van der Waals surface area contributed by atoms with E-state index < -0.39 is 34.6 Å². The Balaban J connectivity index is 1.05. The number of hydrogen-bond acceptors (Lipinski definition) is 11. The minimum Gasteiger partial charge on any atom is -0.476 e. The Labute approximate surface area is 372 Å². The summed E-state index contributed by atoms with van der Waals surface area (Å²) in [6.45, 7) is 9.04. The third-order valence-corrected chi connectivity index (χ3v) is 14.1.